The number of carbonyl (C=O) groups excluding carboxylic acids is 1. The second kappa shape index (κ2) is 5.74. The van der Waals surface area contributed by atoms with Crippen LogP contribution in [0.4, 0.5) is 4.39 Å². The van der Waals surface area contributed by atoms with Crippen LogP contribution in [0.25, 0.3) is 5.76 Å². The van der Waals surface area contributed by atoms with Gasteiger partial charge in [-0.2, -0.15) is 0 Å². The van der Waals surface area contributed by atoms with Crippen molar-refractivity contribution in [3.05, 3.63) is 46.3 Å². The van der Waals surface area contributed by atoms with Crippen molar-refractivity contribution < 1.29 is 19.0 Å². The number of esters is 1. The quantitative estimate of drug-likeness (QED) is 0.379. The molecule has 0 heterocycles. The van der Waals surface area contributed by atoms with Crippen LogP contribution in [-0.4, -0.2) is 17.7 Å². The Morgan fingerprint density at radius 1 is 1.41 bits per heavy atom. The first kappa shape index (κ1) is 12.8. The number of hydrogen-bond acceptors (Lipinski definition) is 5. The Labute approximate surface area is 96.5 Å². The van der Waals surface area contributed by atoms with Gasteiger partial charge in [-0.15, -0.1) is 4.91 Å². The maximum absolute atomic E-state index is 12.6. The van der Waals surface area contributed by atoms with Crippen LogP contribution in [0, 0.1) is 10.7 Å². The summed E-state index contributed by atoms with van der Waals surface area (Å²) in [6.45, 7) is 1.60. The van der Waals surface area contributed by atoms with Gasteiger partial charge in [0.1, 0.15) is 5.82 Å². The van der Waals surface area contributed by atoms with E-state index in [1.54, 1.807) is 6.92 Å². The van der Waals surface area contributed by atoms with Gasteiger partial charge in [-0.1, -0.05) is 0 Å². The van der Waals surface area contributed by atoms with Crippen LogP contribution in [0.15, 0.2) is 35.1 Å². The van der Waals surface area contributed by atoms with Crippen LogP contribution >= 0.6 is 0 Å². The van der Waals surface area contributed by atoms with E-state index < -0.39 is 23.2 Å². The van der Waals surface area contributed by atoms with Gasteiger partial charge in [0.25, 0.3) is 0 Å². The summed E-state index contributed by atoms with van der Waals surface area (Å²) in [4.78, 5) is 21.7. The Bertz CT molecular complexity index is 453. The number of benzene rings is 1. The Morgan fingerprint density at radius 3 is 2.47 bits per heavy atom. The molecular weight excluding hydrogens is 229 g/mol. The van der Waals surface area contributed by atoms with Crippen molar-refractivity contribution in [1.82, 2.24) is 0 Å². The molecule has 0 aliphatic carbocycles. The molecule has 5 nitrogen and oxygen atoms in total. The van der Waals surface area contributed by atoms with Crippen molar-refractivity contribution in [2.45, 2.75) is 6.92 Å². The summed E-state index contributed by atoms with van der Waals surface area (Å²) in [5, 5.41) is 12.0. The lowest BCUT2D eigenvalue weighted by Crippen LogP contribution is -2.08. The van der Waals surface area contributed by atoms with Crippen molar-refractivity contribution in [3.63, 3.8) is 0 Å². The molecule has 0 unspecified atom stereocenters. The number of carbonyl (C=O) groups is 1. The lowest BCUT2D eigenvalue weighted by Gasteiger charge is -2.03. The molecule has 1 aromatic rings. The number of nitrogens with zero attached hydrogens (tertiary/aromatic N) is 1. The van der Waals surface area contributed by atoms with Gasteiger partial charge in [0.15, 0.2) is 5.76 Å². The predicted molar refractivity (Wildman–Crippen MR) is 58.4 cm³/mol. The molecule has 6 heteroatoms. The first-order chi connectivity index (χ1) is 8.10. The van der Waals surface area contributed by atoms with Crippen molar-refractivity contribution in [3.8, 4) is 0 Å². The maximum Gasteiger partial charge on any atom is 0.364 e. The summed E-state index contributed by atoms with van der Waals surface area (Å²) in [7, 11) is 0. The first-order valence-electron chi connectivity index (χ1n) is 4.79. The minimum Gasteiger partial charge on any atom is -0.505 e. The SMILES string of the molecule is CCOC(=O)C(N=O)=C(O)c1ccc(F)cc1. The molecule has 0 aromatic heterocycles. The first-order valence-corrected chi connectivity index (χ1v) is 4.79. The molecular formula is C11H10FNO4. The van der Waals surface area contributed by atoms with E-state index in [-0.39, 0.29) is 12.2 Å². The molecule has 0 aliphatic rings. The van der Waals surface area contributed by atoms with Crippen LogP contribution in [0.3, 0.4) is 0 Å². The van der Waals surface area contributed by atoms with Gasteiger partial charge in [0, 0.05) is 5.56 Å². The number of nitroso groups, excluding NO2 is 1. The van der Waals surface area contributed by atoms with E-state index >= 15 is 0 Å². The van der Waals surface area contributed by atoms with Crippen molar-refractivity contribution >= 4 is 11.7 Å². The van der Waals surface area contributed by atoms with Crippen molar-refractivity contribution in [2.24, 2.45) is 5.18 Å². The van der Waals surface area contributed by atoms with E-state index in [1.807, 2.05) is 0 Å². The summed E-state index contributed by atoms with van der Waals surface area (Å²) >= 11 is 0. The fraction of sp³-hybridized carbons (Fsp3) is 0.182. The Kier molecular flexibility index (Phi) is 4.33. The zero-order valence-corrected chi connectivity index (χ0v) is 9.01. The molecule has 0 saturated heterocycles. The summed E-state index contributed by atoms with van der Waals surface area (Å²) in [6, 6.07) is 4.60. The lowest BCUT2D eigenvalue weighted by atomic mass is 10.1. The number of halogens is 1. The number of ether oxygens (including phenoxy) is 1. The molecule has 1 N–H and O–H groups in total. The molecule has 0 spiro atoms. The third-order valence-corrected chi connectivity index (χ3v) is 1.90. The number of aliphatic hydroxyl groups is 1. The average molecular weight is 239 g/mol. The fourth-order valence-corrected chi connectivity index (χ4v) is 1.12. The van der Waals surface area contributed by atoms with Crippen LogP contribution in [0.5, 0.6) is 0 Å². The molecule has 17 heavy (non-hydrogen) atoms. The van der Waals surface area contributed by atoms with E-state index in [0.29, 0.717) is 0 Å². The Hall–Kier alpha value is -2.24. The standard InChI is InChI=1S/C11H10FNO4/c1-2-17-11(15)9(13-16)10(14)7-3-5-8(12)6-4-7/h3-6,14H,2H2,1H3. The smallest absolute Gasteiger partial charge is 0.364 e. The average Bonchev–Trinajstić information content (AvgIpc) is 2.31. The highest BCUT2D eigenvalue weighted by Gasteiger charge is 2.18. The Balaban J connectivity index is 3.12. The van der Waals surface area contributed by atoms with Crippen LogP contribution in [-0.2, 0) is 9.53 Å². The fourth-order valence-electron chi connectivity index (χ4n) is 1.12. The van der Waals surface area contributed by atoms with Crippen LogP contribution in [0.2, 0.25) is 0 Å². The highest BCUT2D eigenvalue weighted by molar-refractivity contribution is 5.95. The van der Waals surface area contributed by atoms with Crippen LogP contribution in [0.1, 0.15) is 12.5 Å². The van der Waals surface area contributed by atoms with E-state index in [2.05, 4.69) is 9.91 Å². The molecule has 90 valence electrons. The zero-order valence-electron chi connectivity index (χ0n) is 9.01. The van der Waals surface area contributed by atoms with Gasteiger partial charge in [-0.3, -0.25) is 0 Å². The van der Waals surface area contributed by atoms with Crippen LogP contribution < -0.4 is 0 Å². The molecule has 0 saturated carbocycles. The van der Waals surface area contributed by atoms with Gasteiger partial charge in [-0.25, -0.2) is 9.18 Å². The highest BCUT2D eigenvalue weighted by atomic mass is 19.1. The lowest BCUT2D eigenvalue weighted by molar-refractivity contribution is -0.138. The van der Waals surface area contributed by atoms with E-state index in [9.17, 15) is 19.2 Å². The third kappa shape index (κ3) is 3.10. The number of aliphatic hydroxyl groups excluding tert-OH is 1. The molecule has 0 radical (unpaired) electrons. The van der Waals surface area contributed by atoms with Gasteiger partial charge in [-0.05, 0) is 36.4 Å². The molecule has 0 amide bonds. The molecule has 1 rings (SSSR count). The molecule has 0 aliphatic heterocycles. The monoisotopic (exact) mass is 239 g/mol. The van der Waals surface area contributed by atoms with E-state index in [4.69, 9.17) is 0 Å². The molecule has 0 bridgehead atoms. The minimum absolute atomic E-state index is 0.0501. The molecule has 0 atom stereocenters. The van der Waals surface area contributed by atoms with Gasteiger partial charge in [0.05, 0.1) is 6.61 Å². The molecule has 0 fully saturated rings. The van der Waals surface area contributed by atoms with Crippen molar-refractivity contribution in [1.29, 1.82) is 0 Å². The summed E-state index contributed by atoms with van der Waals surface area (Å²) < 4.78 is 17.2. The zero-order chi connectivity index (χ0) is 12.8. The number of hydrogen-bond donors (Lipinski definition) is 1. The Morgan fingerprint density at radius 2 is 2.00 bits per heavy atom. The number of rotatable bonds is 4. The summed E-state index contributed by atoms with van der Waals surface area (Å²) in [5.74, 6) is -2.17. The minimum atomic E-state index is -1.02. The largest absolute Gasteiger partial charge is 0.505 e. The third-order valence-electron chi connectivity index (χ3n) is 1.90. The maximum atomic E-state index is 12.6. The van der Waals surface area contributed by atoms with Crippen molar-refractivity contribution in [2.75, 3.05) is 6.61 Å². The van der Waals surface area contributed by atoms with Gasteiger partial charge in [0.2, 0.25) is 5.70 Å². The second-order valence-electron chi connectivity index (χ2n) is 3.02. The molecule has 1 aromatic carbocycles. The second-order valence-corrected chi connectivity index (χ2v) is 3.02. The predicted octanol–water partition coefficient (Wildman–Crippen LogP) is 2.38. The van der Waals surface area contributed by atoms with E-state index in [0.717, 1.165) is 12.1 Å². The summed E-state index contributed by atoms with van der Waals surface area (Å²) in [5.41, 5.74) is -0.632. The van der Waals surface area contributed by atoms with E-state index in [1.165, 1.54) is 12.1 Å². The normalized spacial score (nSPS) is 11.6. The van der Waals surface area contributed by atoms with Gasteiger partial charge >= 0.3 is 5.97 Å². The van der Waals surface area contributed by atoms with Gasteiger partial charge < -0.3 is 9.84 Å². The highest BCUT2D eigenvalue weighted by Crippen LogP contribution is 2.18. The topological polar surface area (TPSA) is 76.0 Å². The summed E-state index contributed by atoms with van der Waals surface area (Å²) in [6.07, 6.45) is 0.